The van der Waals surface area contributed by atoms with Crippen molar-refractivity contribution in [2.45, 2.75) is 44.0 Å². The molecule has 1 aliphatic rings. The molecule has 7 heteroatoms. The quantitative estimate of drug-likeness (QED) is 0.502. The van der Waals surface area contributed by atoms with Gasteiger partial charge in [-0.05, 0) is 76.4 Å². The summed E-state index contributed by atoms with van der Waals surface area (Å²) in [5.74, 6) is 0.0338. The van der Waals surface area contributed by atoms with Crippen LogP contribution in [-0.2, 0) is 10.0 Å². The van der Waals surface area contributed by atoms with Crippen LogP contribution in [0.5, 0.6) is 0 Å². The van der Waals surface area contributed by atoms with Gasteiger partial charge in [-0.1, -0.05) is 42.5 Å². The van der Waals surface area contributed by atoms with E-state index in [2.05, 4.69) is 15.4 Å². The summed E-state index contributed by atoms with van der Waals surface area (Å²) < 4.78 is 29.9. The molecule has 0 atom stereocenters. The van der Waals surface area contributed by atoms with Gasteiger partial charge in [-0.2, -0.15) is 0 Å². The summed E-state index contributed by atoms with van der Waals surface area (Å²) >= 11 is 0. The van der Waals surface area contributed by atoms with Crippen molar-refractivity contribution in [2.75, 3.05) is 18.4 Å². The monoisotopic (exact) mass is 465 g/mol. The Balaban J connectivity index is 1.67. The number of benzene rings is 3. The molecule has 174 valence electrons. The Kier molecular flexibility index (Phi) is 6.56. The second-order valence-corrected chi connectivity index (χ2v) is 10.9. The van der Waals surface area contributed by atoms with Crippen LogP contribution in [0, 0.1) is 12.8 Å². The van der Waals surface area contributed by atoms with Crippen LogP contribution < -0.4 is 15.4 Å². The van der Waals surface area contributed by atoms with Gasteiger partial charge in [0.25, 0.3) is 5.91 Å². The fourth-order valence-corrected chi connectivity index (χ4v) is 6.34. The lowest BCUT2D eigenvalue weighted by Gasteiger charge is -2.37. The molecule has 0 aromatic heterocycles. The van der Waals surface area contributed by atoms with Gasteiger partial charge in [-0.15, -0.1) is 0 Å². The Morgan fingerprint density at radius 2 is 1.58 bits per heavy atom. The molecule has 1 amide bonds. The van der Waals surface area contributed by atoms with Gasteiger partial charge in [0.1, 0.15) is 0 Å². The first-order chi connectivity index (χ1) is 15.7. The van der Waals surface area contributed by atoms with E-state index in [4.69, 9.17) is 0 Å². The van der Waals surface area contributed by atoms with Gasteiger partial charge in [-0.3, -0.25) is 4.79 Å². The third kappa shape index (κ3) is 4.95. The number of aryl methyl sites for hydroxylation is 1. The zero-order valence-corrected chi connectivity index (χ0v) is 20.1. The number of carbonyl (C=O) groups excluding carboxylic acids is 1. The average Bonchev–Trinajstić information content (AvgIpc) is 2.79. The molecule has 0 unspecified atom stereocenters. The second-order valence-electron chi connectivity index (χ2n) is 9.28. The van der Waals surface area contributed by atoms with Crippen molar-refractivity contribution in [3.8, 4) is 0 Å². The van der Waals surface area contributed by atoms with Crippen molar-refractivity contribution in [1.29, 1.82) is 0 Å². The lowest BCUT2D eigenvalue weighted by atomic mass is 9.82. The molecular formula is C26H31N3O3S. The summed E-state index contributed by atoms with van der Waals surface area (Å²) in [5.41, 5.74) is 1.47. The largest absolute Gasteiger partial charge is 0.321 e. The minimum Gasteiger partial charge on any atom is -0.321 e. The van der Waals surface area contributed by atoms with Gasteiger partial charge in [0.2, 0.25) is 10.0 Å². The van der Waals surface area contributed by atoms with Gasteiger partial charge in [0.15, 0.2) is 0 Å². The smallest absolute Gasteiger partial charge is 0.255 e. The molecule has 0 bridgehead atoms. The van der Waals surface area contributed by atoms with Gasteiger partial charge in [-0.25, -0.2) is 13.1 Å². The lowest BCUT2D eigenvalue weighted by Crippen LogP contribution is -2.51. The van der Waals surface area contributed by atoms with E-state index < -0.39 is 15.6 Å². The van der Waals surface area contributed by atoms with Crippen LogP contribution in [-0.4, -0.2) is 33.0 Å². The van der Waals surface area contributed by atoms with Crippen molar-refractivity contribution in [3.05, 3.63) is 71.8 Å². The average molecular weight is 466 g/mol. The normalized spacial score (nSPS) is 15.5. The fraction of sp³-hybridized carbons (Fsp3) is 0.346. The van der Waals surface area contributed by atoms with E-state index in [1.807, 2.05) is 57.2 Å². The van der Waals surface area contributed by atoms with Crippen LogP contribution in [0.15, 0.2) is 65.6 Å². The maximum Gasteiger partial charge on any atom is 0.255 e. The predicted octanol–water partition coefficient (Wildman–Crippen LogP) is 4.46. The van der Waals surface area contributed by atoms with Crippen LogP contribution in [0.2, 0.25) is 0 Å². The lowest BCUT2D eigenvalue weighted by molar-refractivity contribution is 0.102. The van der Waals surface area contributed by atoms with Crippen LogP contribution in [0.25, 0.3) is 10.8 Å². The van der Waals surface area contributed by atoms with E-state index in [0.29, 0.717) is 22.0 Å². The Bertz CT molecular complexity index is 1280. The van der Waals surface area contributed by atoms with E-state index in [-0.39, 0.29) is 16.7 Å². The van der Waals surface area contributed by atoms with E-state index in [9.17, 15) is 13.2 Å². The van der Waals surface area contributed by atoms with Gasteiger partial charge in [0, 0.05) is 27.6 Å². The molecule has 1 saturated heterocycles. The summed E-state index contributed by atoms with van der Waals surface area (Å²) in [6, 6.07) is 17.9. The molecule has 33 heavy (non-hydrogen) atoms. The van der Waals surface area contributed by atoms with Crippen LogP contribution in [0.4, 0.5) is 5.69 Å². The maximum absolute atomic E-state index is 13.5. The number of piperidine rings is 1. The van der Waals surface area contributed by atoms with Crippen molar-refractivity contribution in [3.63, 3.8) is 0 Å². The molecule has 1 heterocycles. The molecular weight excluding hydrogens is 434 g/mol. The highest BCUT2D eigenvalue weighted by Crippen LogP contribution is 2.32. The molecule has 1 aliphatic heterocycles. The first-order valence-corrected chi connectivity index (χ1v) is 12.8. The van der Waals surface area contributed by atoms with Crippen molar-refractivity contribution >= 4 is 32.4 Å². The Labute approximate surface area is 195 Å². The molecule has 3 aromatic rings. The molecule has 0 spiro atoms. The van der Waals surface area contributed by atoms with E-state index in [0.717, 1.165) is 31.5 Å². The Morgan fingerprint density at radius 1 is 0.939 bits per heavy atom. The number of sulfonamides is 1. The van der Waals surface area contributed by atoms with Crippen LogP contribution in [0.3, 0.4) is 0 Å². The first kappa shape index (κ1) is 23.4. The summed E-state index contributed by atoms with van der Waals surface area (Å²) in [4.78, 5) is 13.1. The maximum atomic E-state index is 13.5. The highest BCUT2D eigenvalue weighted by Gasteiger charge is 2.35. The van der Waals surface area contributed by atoms with E-state index >= 15 is 0 Å². The number of carbonyl (C=O) groups is 1. The predicted molar refractivity (Wildman–Crippen MR) is 133 cm³/mol. The molecule has 3 aromatic carbocycles. The van der Waals surface area contributed by atoms with Gasteiger partial charge >= 0.3 is 0 Å². The second kappa shape index (κ2) is 9.25. The zero-order valence-electron chi connectivity index (χ0n) is 19.3. The topological polar surface area (TPSA) is 87.3 Å². The van der Waals surface area contributed by atoms with E-state index in [1.54, 1.807) is 24.3 Å². The number of hydrogen-bond donors (Lipinski definition) is 3. The van der Waals surface area contributed by atoms with Gasteiger partial charge < -0.3 is 10.6 Å². The number of nitrogens with one attached hydrogen (secondary N) is 3. The van der Waals surface area contributed by atoms with Crippen molar-refractivity contribution < 1.29 is 13.2 Å². The van der Waals surface area contributed by atoms with Crippen LogP contribution >= 0.6 is 0 Å². The van der Waals surface area contributed by atoms with Gasteiger partial charge in [0.05, 0.1) is 4.90 Å². The summed E-state index contributed by atoms with van der Waals surface area (Å²) in [7, 11) is -3.78. The molecule has 6 nitrogen and oxygen atoms in total. The zero-order chi connectivity index (χ0) is 23.6. The SMILES string of the molecule is Cc1ccccc1C(=O)Nc1ccc(S(=O)(=O)NC(C)(C)C2CCNCC2)c2ccccc12. The third-order valence-electron chi connectivity index (χ3n) is 6.57. The molecule has 4 rings (SSSR count). The number of anilines is 1. The van der Waals surface area contributed by atoms with Crippen molar-refractivity contribution in [2.24, 2.45) is 5.92 Å². The highest BCUT2D eigenvalue weighted by atomic mass is 32.2. The minimum absolute atomic E-state index is 0.217. The summed E-state index contributed by atoms with van der Waals surface area (Å²) in [6.07, 6.45) is 1.86. The number of fused-ring (bicyclic) bond motifs is 1. The Hall–Kier alpha value is -2.74. The number of amides is 1. The first-order valence-electron chi connectivity index (χ1n) is 11.3. The standard InChI is InChI=1S/C26H31N3O3S/c1-18-8-4-5-9-20(18)25(30)28-23-12-13-24(22-11-7-6-10-21(22)23)33(31,32)29-26(2,3)19-14-16-27-17-15-19/h4-13,19,27,29H,14-17H2,1-3H3,(H,28,30). The molecule has 0 radical (unpaired) electrons. The fourth-order valence-electron chi connectivity index (χ4n) is 4.66. The minimum atomic E-state index is -3.78. The molecule has 3 N–H and O–H groups in total. The Morgan fingerprint density at radius 3 is 2.27 bits per heavy atom. The van der Waals surface area contributed by atoms with E-state index in [1.165, 1.54) is 0 Å². The summed E-state index contributed by atoms with van der Waals surface area (Å²) in [5, 5.41) is 7.55. The third-order valence-corrected chi connectivity index (χ3v) is 8.30. The number of hydrogen-bond acceptors (Lipinski definition) is 4. The molecule has 0 saturated carbocycles. The molecule has 1 fully saturated rings. The van der Waals surface area contributed by atoms with Crippen molar-refractivity contribution in [1.82, 2.24) is 10.0 Å². The van der Waals surface area contributed by atoms with Crippen LogP contribution in [0.1, 0.15) is 42.6 Å². The summed E-state index contributed by atoms with van der Waals surface area (Å²) in [6.45, 7) is 7.60. The highest BCUT2D eigenvalue weighted by molar-refractivity contribution is 7.89. The number of rotatable bonds is 6. The molecule has 0 aliphatic carbocycles.